The van der Waals surface area contributed by atoms with Crippen LogP contribution in [-0.2, 0) is 6.42 Å². The molecule has 1 heterocycles. The zero-order chi connectivity index (χ0) is 17.8. The van der Waals surface area contributed by atoms with Gasteiger partial charge in [0, 0.05) is 17.4 Å². The van der Waals surface area contributed by atoms with Gasteiger partial charge in [-0.3, -0.25) is 4.79 Å². The first-order valence-electron chi connectivity index (χ1n) is 9.09. The van der Waals surface area contributed by atoms with Crippen LogP contribution < -0.4 is 10.6 Å². The molecule has 1 aromatic carbocycles. The summed E-state index contributed by atoms with van der Waals surface area (Å²) in [5.41, 5.74) is 4.58. The third-order valence-corrected chi connectivity index (χ3v) is 4.75. The maximum absolute atomic E-state index is 12.5. The Balaban J connectivity index is 1.83. The molecule has 0 aliphatic heterocycles. The number of carbonyl (C=O) groups is 1. The molecule has 5 nitrogen and oxygen atoms in total. The zero-order valence-electron chi connectivity index (χ0n) is 15.2. The van der Waals surface area contributed by atoms with Gasteiger partial charge in [0.1, 0.15) is 5.69 Å². The SMILES string of the molecule is CCc1cccc(C)c1Nc1nc(C)cc(C(=O)NC2CCCC2)n1. The summed E-state index contributed by atoms with van der Waals surface area (Å²) in [4.78, 5) is 21.4. The largest absolute Gasteiger partial charge is 0.348 e. The van der Waals surface area contributed by atoms with Crippen molar-refractivity contribution < 1.29 is 4.79 Å². The van der Waals surface area contributed by atoms with Gasteiger partial charge in [0.15, 0.2) is 0 Å². The van der Waals surface area contributed by atoms with Crippen LogP contribution in [0.15, 0.2) is 24.3 Å². The first-order chi connectivity index (χ1) is 12.1. The second-order valence-corrected chi connectivity index (χ2v) is 6.76. The lowest BCUT2D eigenvalue weighted by Gasteiger charge is -2.15. The molecule has 0 spiro atoms. The highest BCUT2D eigenvalue weighted by Gasteiger charge is 2.19. The molecule has 1 saturated carbocycles. The highest BCUT2D eigenvalue weighted by molar-refractivity contribution is 5.93. The molecule has 0 unspecified atom stereocenters. The topological polar surface area (TPSA) is 66.9 Å². The second kappa shape index (κ2) is 7.64. The van der Waals surface area contributed by atoms with Crippen LogP contribution >= 0.6 is 0 Å². The van der Waals surface area contributed by atoms with E-state index in [1.165, 1.54) is 18.4 Å². The number of amides is 1. The average molecular weight is 338 g/mol. The summed E-state index contributed by atoms with van der Waals surface area (Å²) >= 11 is 0. The Labute approximate surface area is 149 Å². The van der Waals surface area contributed by atoms with Crippen molar-refractivity contribution in [3.05, 3.63) is 46.8 Å². The van der Waals surface area contributed by atoms with Gasteiger partial charge in [0.25, 0.3) is 5.91 Å². The number of aryl methyl sites for hydroxylation is 3. The van der Waals surface area contributed by atoms with Gasteiger partial charge in [0.05, 0.1) is 0 Å². The summed E-state index contributed by atoms with van der Waals surface area (Å²) in [6.45, 7) is 6.07. The van der Waals surface area contributed by atoms with Gasteiger partial charge in [-0.1, -0.05) is 38.0 Å². The van der Waals surface area contributed by atoms with Crippen molar-refractivity contribution in [1.29, 1.82) is 0 Å². The van der Waals surface area contributed by atoms with Gasteiger partial charge in [0.2, 0.25) is 5.95 Å². The van der Waals surface area contributed by atoms with Crippen molar-refractivity contribution in [2.45, 2.75) is 58.9 Å². The van der Waals surface area contributed by atoms with Crippen LogP contribution in [0.25, 0.3) is 0 Å². The Bertz CT molecular complexity index is 766. The van der Waals surface area contributed by atoms with Crippen molar-refractivity contribution >= 4 is 17.5 Å². The maximum Gasteiger partial charge on any atom is 0.270 e. The quantitative estimate of drug-likeness (QED) is 0.862. The summed E-state index contributed by atoms with van der Waals surface area (Å²) in [5.74, 6) is 0.363. The van der Waals surface area contributed by atoms with Crippen molar-refractivity contribution in [1.82, 2.24) is 15.3 Å². The van der Waals surface area contributed by atoms with E-state index < -0.39 is 0 Å². The van der Waals surface area contributed by atoms with Gasteiger partial charge in [-0.2, -0.15) is 0 Å². The fourth-order valence-electron chi connectivity index (χ4n) is 3.38. The average Bonchev–Trinajstić information content (AvgIpc) is 3.09. The molecule has 25 heavy (non-hydrogen) atoms. The van der Waals surface area contributed by atoms with E-state index in [1.54, 1.807) is 6.07 Å². The molecule has 132 valence electrons. The van der Waals surface area contributed by atoms with Gasteiger partial charge in [-0.05, 0) is 50.3 Å². The van der Waals surface area contributed by atoms with Crippen LogP contribution in [0.1, 0.15) is 59.9 Å². The summed E-state index contributed by atoms with van der Waals surface area (Å²) in [6, 6.07) is 8.23. The third kappa shape index (κ3) is 4.16. The monoisotopic (exact) mass is 338 g/mol. The Kier molecular flexibility index (Phi) is 5.31. The lowest BCUT2D eigenvalue weighted by molar-refractivity contribution is 0.0932. The van der Waals surface area contributed by atoms with Crippen LogP contribution in [-0.4, -0.2) is 21.9 Å². The molecule has 1 aliphatic rings. The predicted octanol–water partition coefficient (Wildman–Crippen LogP) is 4.07. The van der Waals surface area contributed by atoms with Crippen molar-refractivity contribution in [2.75, 3.05) is 5.32 Å². The van der Waals surface area contributed by atoms with Crippen LogP contribution in [0.5, 0.6) is 0 Å². The minimum absolute atomic E-state index is 0.110. The Morgan fingerprint density at radius 1 is 1.20 bits per heavy atom. The number of anilines is 2. The number of hydrogen-bond donors (Lipinski definition) is 2. The second-order valence-electron chi connectivity index (χ2n) is 6.76. The number of aromatic nitrogens is 2. The molecule has 0 bridgehead atoms. The van der Waals surface area contributed by atoms with E-state index in [0.717, 1.165) is 36.2 Å². The van der Waals surface area contributed by atoms with Crippen LogP contribution in [0, 0.1) is 13.8 Å². The van der Waals surface area contributed by atoms with Crippen LogP contribution in [0.4, 0.5) is 11.6 Å². The van der Waals surface area contributed by atoms with E-state index in [0.29, 0.717) is 11.6 Å². The van der Waals surface area contributed by atoms with E-state index in [9.17, 15) is 4.79 Å². The summed E-state index contributed by atoms with van der Waals surface area (Å²) in [7, 11) is 0. The molecule has 0 atom stereocenters. The number of rotatable bonds is 5. The molecule has 0 saturated heterocycles. The molecule has 3 rings (SSSR count). The van der Waals surface area contributed by atoms with Crippen molar-refractivity contribution in [2.24, 2.45) is 0 Å². The molecule has 0 radical (unpaired) electrons. The number of nitrogens with zero attached hydrogens (tertiary/aromatic N) is 2. The molecule has 1 aromatic heterocycles. The van der Waals surface area contributed by atoms with Gasteiger partial charge in [-0.25, -0.2) is 9.97 Å². The molecular weight excluding hydrogens is 312 g/mol. The molecule has 5 heteroatoms. The minimum atomic E-state index is -0.110. The van der Waals surface area contributed by atoms with E-state index in [4.69, 9.17) is 0 Å². The van der Waals surface area contributed by atoms with Gasteiger partial charge in [-0.15, -0.1) is 0 Å². The number of para-hydroxylation sites is 1. The lowest BCUT2D eigenvalue weighted by atomic mass is 10.1. The summed E-state index contributed by atoms with van der Waals surface area (Å²) in [5, 5.41) is 6.41. The van der Waals surface area contributed by atoms with E-state index in [2.05, 4.69) is 52.6 Å². The molecule has 1 fully saturated rings. The number of carbonyl (C=O) groups excluding carboxylic acids is 1. The lowest BCUT2D eigenvalue weighted by Crippen LogP contribution is -2.33. The highest BCUT2D eigenvalue weighted by atomic mass is 16.1. The van der Waals surface area contributed by atoms with Gasteiger partial charge >= 0.3 is 0 Å². The fourth-order valence-corrected chi connectivity index (χ4v) is 3.38. The van der Waals surface area contributed by atoms with Crippen LogP contribution in [0.3, 0.4) is 0 Å². The minimum Gasteiger partial charge on any atom is -0.348 e. The molecule has 1 aliphatic carbocycles. The smallest absolute Gasteiger partial charge is 0.270 e. The molecule has 2 N–H and O–H groups in total. The third-order valence-electron chi connectivity index (χ3n) is 4.75. The maximum atomic E-state index is 12.5. The Morgan fingerprint density at radius 2 is 1.96 bits per heavy atom. The van der Waals surface area contributed by atoms with E-state index in [-0.39, 0.29) is 11.9 Å². The molecule has 1 amide bonds. The Morgan fingerprint density at radius 3 is 2.68 bits per heavy atom. The number of nitrogens with one attached hydrogen (secondary N) is 2. The highest BCUT2D eigenvalue weighted by Crippen LogP contribution is 2.24. The van der Waals surface area contributed by atoms with Crippen LogP contribution in [0.2, 0.25) is 0 Å². The number of hydrogen-bond acceptors (Lipinski definition) is 4. The first kappa shape index (κ1) is 17.4. The number of benzene rings is 1. The van der Waals surface area contributed by atoms with Gasteiger partial charge < -0.3 is 10.6 Å². The Hall–Kier alpha value is -2.43. The molecular formula is C20H26N4O. The predicted molar refractivity (Wildman–Crippen MR) is 100 cm³/mol. The normalized spacial score (nSPS) is 14.5. The summed E-state index contributed by atoms with van der Waals surface area (Å²) < 4.78 is 0. The van der Waals surface area contributed by atoms with Crippen molar-refractivity contribution in [3.8, 4) is 0 Å². The van der Waals surface area contributed by atoms with E-state index >= 15 is 0 Å². The fraction of sp³-hybridized carbons (Fsp3) is 0.450. The summed E-state index contributed by atoms with van der Waals surface area (Å²) in [6.07, 6.45) is 5.42. The van der Waals surface area contributed by atoms with E-state index in [1.807, 2.05) is 6.92 Å². The van der Waals surface area contributed by atoms with Crippen molar-refractivity contribution in [3.63, 3.8) is 0 Å². The molecule has 2 aromatic rings. The first-order valence-corrected chi connectivity index (χ1v) is 9.09. The zero-order valence-corrected chi connectivity index (χ0v) is 15.2. The standard InChI is InChI=1S/C20H26N4O/c1-4-15-9-7-8-13(2)18(15)24-20-21-14(3)12-17(23-20)19(25)22-16-10-5-6-11-16/h7-9,12,16H,4-6,10-11H2,1-3H3,(H,22,25)(H,21,23,24).